The lowest BCUT2D eigenvalue weighted by atomic mass is 9.94. The third-order valence-corrected chi connectivity index (χ3v) is 6.39. The van der Waals surface area contributed by atoms with Crippen LogP contribution < -0.4 is 9.47 Å². The largest absolute Gasteiger partial charge is 0.491 e. The van der Waals surface area contributed by atoms with Crippen LogP contribution in [0.3, 0.4) is 0 Å². The van der Waals surface area contributed by atoms with Gasteiger partial charge in [0.05, 0.1) is 6.61 Å². The fourth-order valence-corrected chi connectivity index (χ4v) is 4.81. The molecule has 0 saturated carbocycles. The van der Waals surface area contributed by atoms with Crippen molar-refractivity contribution in [1.29, 1.82) is 0 Å². The van der Waals surface area contributed by atoms with Gasteiger partial charge in [0.1, 0.15) is 24.7 Å². The third-order valence-electron chi connectivity index (χ3n) is 6.39. The molecular weight excluding hydrogens is 408 g/mol. The second-order valence-electron chi connectivity index (χ2n) is 8.32. The van der Waals surface area contributed by atoms with E-state index < -0.39 is 0 Å². The first-order valence-electron chi connectivity index (χ1n) is 11.3. The first-order chi connectivity index (χ1) is 16.3. The second kappa shape index (κ2) is 8.27. The van der Waals surface area contributed by atoms with Gasteiger partial charge in [0, 0.05) is 23.3 Å². The van der Waals surface area contributed by atoms with Crippen LogP contribution in [-0.2, 0) is 11.3 Å². The topological polar surface area (TPSA) is 27.7 Å². The number of rotatable bonds is 7. The molecule has 0 aliphatic rings. The van der Waals surface area contributed by atoms with Gasteiger partial charge in [0.25, 0.3) is 0 Å². The van der Waals surface area contributed by atoms with Crippen molar-refractivity contribution in [3.8, 4) is 11.5 Å². The van der Waals surface area contributed by atoms with Crippen LogP contribution in [0.25, 0.3) is 43.1 Å². The molecule has 0 N–H and O–H groups in total. The van der Waals surface area contributed by atoms with Crippen molar-refractivity contribution in [3.05, 3.63) is 96.6 Å². The molecule has 0 unspecified atom stereocenters. The van der Waals surface area contributed by atoms with Crippen LogP contribution >= 0.6 is 0 Å². The Morgan fingerprint density at radius 3 is 2.00 bits per heavy atom. The molecule has 0 atom stereocenters. The van der Waals surface area contributed by atoms with E-state index in [4.69, 9.17) is 14.2 Å². The Labute approximate surface area is 192 Å². The van der Waals surface area contributed by atoms with Gasteiger partial charge in [0.15, 0.2) is 0 Å². The molecule has 0 heterocycles. The van der Waals surface area contributed by atoms with Crippen molar-refractivity contribution in [3.63, 3.8) is 0 Å². The molecule has 0 spiro atoms. The van der Waals surface area contributed by atoms with Gasteiger partial charge in [-0.3, -0.25) is 0 Å². The molecule has 0 aliphatic carbocycles. The lowest BCUT2D eigenvalue weighted by Gasteiger charge is -2.16. The number of benzene rings is 6. The van der Waals surface area contributed by atoms with E-state index in [2.05, 4.69) is 78.9 Å². The van der Waals surface area contributed by atoms with Gasteiger partial charge in [-0.05, 0) is 50.7 Å². The lowest BCUT2D eigenvalue weighted by molar-refractivity contribution is 0.147. The summed E-state index contributed by atoms with van der Waals surface area (Å²) in [6.45, 7) is 1.58. The highest BCUT2D eigenvalue weighted by atomic mass is 16.5. The quantitative estimate of drug-likeness (QED) is 0.195. The molecule has 0 saturated heterocycles. The summed E-state index contributed by atoms with van der Waals surface area (Å²) >= 11 is 0. The van der Waals surface area contributed by atoms with Crippen molar-refractivity contribution in [2.24, 2.45) is 0 Å². The average Bonchev–Trinajstić information content (AvgIpc) is 2.87. The number of hydrogen-bond donors (Lipinski definition) is 0. The van der Waals surface area contributed by atoms with E-state index in [1.807, 2.05) is 12.1 Å². The molecule has 6 aromatic rings. The maximum Gasteiger partial charge on any atom is 0.127 e. The lowest BCUT2D eigenvalue weighted by Crippen LogP contribution is -2.05. The molecule has 33 heavy (non-hydrogen) atoms. The van der Waals surface area contributed by atoms with Crippen molar-refractivity contribution in [2.45, 2.75) is 6.61 Å². The van der Waals surface area contributed by atoms with Crippen LogP contribution in [0.1, 0.15) is 5.56 Å². The summed E-state index contributed by atoms with van der Waals surface area (Å²) in [5, 5.41) is 9.73. The third kappa shape index (κ3) is 3.42. The number of methoxy groups -OCH3 is 1. The van der Waals surface area contributed by atoms with Gasteiger partial charge in [0.2, 0.25) is 0 Å². The maximum absolute atomic E-state index is 6.43. The highest BCUT2D eigenvalue weighted by molar-refractivity contribution is 6.24. The van der Waals surface area contributed by atoms with Gasteiger partial charge in [-0.15, -0.1) is 0 Å². The van der Waals surface area contributed by atoms with Gasteiger partial charge in [-0.1, -0.05) is 72.8 Å². The first kappa shape index (κ1) is 19.8. The van der Waals surface area contributed by atoms with Crippen molar-refractivity contribution in [1.82, 2.24) is 0 Å². The van der Waals surface area contributed by atoms with Crippen LogP contribution in [0.5, 0.6) is 11.5 Å². The van der Waals surface area contributed by atoms with Crippen molar-refractivity contribution >= 4 is 43.1 Å². The molecular formula is C30H24O3. The van der Waals surface area contributed by atoms with Gasteiger partial charge in [-0.2, -0.15) is 0 Å². The van der Waals surface area contributed by atoms with Gasteiger partial charge in [-0.25, -0.2) is 0 Å². The summed E-state index contributed by atoms with van der Waals surface area (Å²) in [6, 6.07) is 31.9. The maximum atomic E-state index is 6.43. The molecule has 6 aromatic carbocycles. The summed E-state index contributed by atoms with van der Waals surface area (Å²) < 4.78 is 17.5. The van der Waals surface area contributed by atoms with Crippen LogP contribution in [0.15, 0.2) is 91.0 Å². The second-order valence-corrected chi connectivity index (χ2v) is 8.32. The Balaban J connectivity index is 1.37. The SMILES string of the molecule is COCCOc1ccc(COc2ccc3ccc4cccc5ccc2c3c45)c2ccccc12. The van der Waals surface area contributed by atoms with Gasteiger partial charge < -0.3 is 14.2 Å². The molecule has 162 valence electrons. The van der Waals surface area contributed by atoms with E-state index in [-0.39, 0.29) is 0 Å². The zero-order valence-corrected chi connectivity index (χ0v) is 18.5. The average molecular weight is 433 g/mol. The van der Waals surface area contributed by atoms with E-state index in [9.17, 15) is 0 Å². The monoisotopic (exact) mass is 432 g/mol. The Hall–Kier alpha value is -3.82. The minimum Gasteiger partial charge on any atom is -0.491 e. The summed E-state index contributed by atoms with van der Waals surface area (Å²) in [7, 11) is 1.68. The minimum atomic E-state index is 0.489. The van der Waals surface area contributed by atoms with E-state index >= 15 is 0 Å². The highest BCUT2D eigenvalue weighted by Crippen LogP contribution is 2.39. The Morgan fingerprint density at radius 2 is 1.18 bits per heavy atom. The fourth-order valence-electron chi connectivity index (χ4n) is 4.81. The Morgan fingerprint density at radius 1 is 0.515 bits per heavy atom. The molecule has 6 rings (SSSR count). The number of ether oxygens (including phenoxy) is 3. The zero-order valence-electron chi connectivity index (χ0n) is 18.5. The van der Waals surface area contributed by atoms with E-state index in [1.165, 1.54) is 26.9 Å². The first-order valence-corrected chi connectivity index (χ1v) is 11.3. The number of fused-ring (bicyclic) bond motifs is 1. The number of hydrogen-bond acceptors (Lipinski definition) is 3. The minimum absolute atomic E-state index is 0.489. The summed E-state index contributed by atoms with van der Waals surface area (Å²) in [4.78, 5) is 0. The Bertz CT molecular complexity index is 1570. The molecule has 0 amide bonds. The molecule has 3 nitrogen and oxygen atoms in total. The predicted octanol–water partition coefficient (Wildman–Crippen LogP) is 7.34. The van der Waals surface area contributed by atoms with E-state index in [0.29, 0.717) is 19.8 Å². The highest BCUT2D eigenvalue weighted by Gasteiger charge is 2.13. The van der Waals surface area contributed by atoms with Crippen LogP contribution in [0, 0.1) is 0 Å². The van der Waals surface area contributed by atoms with Crippen molar-refractivity contribution in [2.75, 3.05) is 20.3 Å². The summed E-state index contributed by atoms with van der Waals surface area (Å²) in [5.41, 5.74) is 1.13. The van der Waals surface area contributed by atoms with Crippen LogP contribution in [0.4, 0.5) is 0 Å². The Kier molecular flexibility index (Phi) is 4.97. The predicted molar refractivity (Wildman–Crippen MR) is 136 cm³/mol. The van der Waals surface area contributed by atoms with E-state index in [1.54, 1.807) is 7.11 Å². The van der Waals surface area contributed by atoms with E-state index in [0.717, 1.165) is 33.2 Å². The fraction of sp³-hybridized carbons (Fsp3) is 0.133. The van der Waals surface area contributed by atoms with Gasteiger partial charge >= 0.3 is 0 Å². The molecule has 0 radical (unpaired) electrons. The summed E-state index contributed by atoms with van der Waals surface area (Å²) in [6.07, 6.45) is 0. The molecule has 0 aliphatic heterocycles. The molecule has 0 aromatic heterocycles. The van der Waals surface area contributed by atoms with Crippen molar-refractivity contribution < 1.29 is 14.2 Å². The standard InChI is InChI=1S/C30H24O3/c1-31-17-18-32-27-16-13-23(24-7-2-3-8-25(24)27)19-33-28-15-12-22-10-9-20-5-4-6-21-11-14-26(28)30(22)29(20)21/h2-16H,17-19H2,1H3. The smallest absolute Gasteiger partial charge is 0.127 e. The van der Waals surface area contributed by atoms with Crippen LogP contribution in [-0.4, -0.2) is 20.3 Å². The molecule has 3 heteroatoms. The summed E-state index contributed by atoms with van der Waals surface area (Å²) in [5.74, 6) is 1.78. The molecule has 0 fully saturated rings. The van der Waals surface area contributed by atoms with Crippen LogP contribution in [0.2, 0.25) is 0 Å². The molecule has 0 bridgehead atoms. The normalized spacial score (nSPS) is 11.7. The zero-order chi connectivity index (χ0) is 22.2.